The molecule has 0 aliphatic carbocycles. The van der Waals surface area contributed by atoms with Crippen LogP contribution in [-0.2, 0) is 18.3 Å². The Kier molecular flexibility index (Phi) is 4.44. The number of hydrogen-bond acceptors (Lipinski definition) is 4. The van der Waals surface area contributed by atoms with E-state index in [0.717, 1.165) is 33.5 Å². The van der Waals surface area contributed by atoms with Crippen molar-refractivity contribution in [2.24, 2.45) is 7.05 Å². The second-order valence-corrected chi connectivity index (χ2v) is 6.27. The minimum absolute atomic E-state index is 0.0669. The van der Waals surface area contributed by atoms with Crippen LogP contribution in [0.25, 0.3) is 11.0 Å². The number of aryl methyl sites for hydroxylation is 4. The monoisotopic (exact) mass is 338 g/mol. The fraction of sp³-hybridized carbons (Fsp3) is 0.316. The molecular formula is C19H22N4O2. The largest absolute Gasteiger partial charge is 0.506 e. The first kappa shape index (κ1) is 17.0. The number of nitrogens with zero attached hydrogens (tertiary/aromatic N) is 3. The molecule has 1 aromatic carbocycles. The average molecular weight is 338 g/mol. The summed E-state index contributed by atoms with van der Waals surface area (Å²) in [5.74, 6) is -0.0689. The van der Waals surface area contributed by atoms with Gasteiger partial charge in [0.2, 0.25) is 5.91 Å². The molecule has 0 saturated heterocycles. The maximum Gasteiger partial charge on any atom is 0.224 e. The molecule has 130 valence electrons. The lowest BCUT2D eigenvalue weighted by molar-refractivity contribution is -0.116. The normalized spacial score (nSPS) is 11.0. The van der Waals surface area contributed by atoms with Gasteiger partial charge in [-0.25, -0.2) is 4.98 Å². The van der Waals surface area contributed by atoms with Crippen molar-refractivity contribution in [3.8, 4) is 5.75 Å². The van der Waals surface area contributed by atoms with Crippen LogP contribution in [0, 0.1) is 20.8 Å². The van der Waals surface area contributed by atoms with Crippen LogP contribution < -0.4 is 5.32 Å². The van der Waals surface area contributed by atoms with Gasteiger partial charge < -0.3 is 10.4 Å². The minimum atomic E-state index is -0.136. The molecule has 6 nitrogen and oxygen atoms in total. The molecule has 1 amide bonds. The molecule has 6 heteroatoms. The number of benzene rings is 1. The number of aromatic nitrogens is 3. The fourth-order valence-electron chi connectivity index (χ4n) is 3.26. The van der Waals surface area contributed by atoms with Crippen molar-refractivity contribution in [3.63, 3.8) is 0 Å². The third kappa shape index (κ3) is 3.20. The highest BCUT2D eigenvalue weighted by molar-refractivity contribution is 5.92. The number of fused-ring (bicyclic) bond motifs is 1. The number of nitrogens with one attached hydrogen (secondary N) is 1. The van der Waals surface area contributed by atoms with Gasteiger partial charge in [-0.05, 0) is 50.5 Å². The Morgan fingerprint density at radius 2 is 1.92 bits per heavy atom. The highest BCUT2D eigenvalue weighted by Gasteiger charge is 2.16. The summed E-state index contributed by atoms with van der Waals surface area (Å²) >= 11 is 0. The Morgan fingerprint density at radius 3 is 2.64 bits per heavy atom. The first-order valence-corrected chi connectivity index (χ1v) is 8.25. The lowest BCUT2D eigenvalue weighted by Gasteiger charge is -2.12. The molecule has 0 unspecified atom stereocenters. The lowest BCUT2D eigenvalue weighted by Crippen LogP contribution is -2.13. The number of anilines is 1. The first-order chi connectivity index (χ1) is 11.9. The topological polar surface area (TPSA) is 80.0 Å². The van der Waals surface area contributed by atoms with E-state index in [-0.39, 0.29) is 11.7 Å². The maximum absolute atomic E-state index is 12.2. The van der Waals surface area contributed by atoms with E-state index in [1.807, 2.05) is 20.9 Å². The van der Waals surface area contributed by atoms with Crippen molar-refractivity contribution in [2.75, 3.05) is 5.32 Å². The lowest BCUT2D eigenvalue weighted by atomic mass is 9.99. The Morgan fingerprint density at radius 1 is 1.20 bits per heavy atom. The molecular weight excluding hydrogens is 316 g/mol. The van der Waals surface area contributed by atoms with E-state index in [0.29, 0.717) is 18.5 Å². The van der Waals surface area contributed by atoms with Crippen LogP contribution in [-0.4, -0.2) is 25.8 Å². The van der Waals surface area contributed by atoms with Crippen LogP contribution in [0.3, 0.4) is 0 Å². The van der Waals surface area contributed by atoms with Gasteiger partial charge in [-0.3, -0.25) is 9.48 Å². The number of rotatable bonds is 4. The molecule has 2 heterocycles. The van der Waals surface area contributed by atoms with Gasteiger partial charge in [0, 0.05) is 24.5 Å². The zero-order chi connectivity index (χ0) is 18.1. The zero-order valence-electron chi connectivity index (χ0n) is 14.9. The van der Waals surface area contributed by atoms with Crippen molar-refractivity contribution in [2.45, 2.75) is 33.6 Å². The van der Waals surface area contributed by atoms with Crippen molar-refractivity contribution >= 4 is 22.6 Å². The van der Waals surface area contributed by atoms with Crippen LogP contribution in [0.2, 0.25) is 0 Å². The molecule has 0 atom stereocenters. The molecule has 3 aromatic rings. The third-order valence-corrected chi connectivity index (χ3v) is 4.51. The molecule has 2 N–H and O–H groups in total. The molecule has 0 radical (unpaired) electrons. The summed E-state index contributed by atoms with van der Waals surface area (Å²) in [7, 11) is 1.89. The number of para-hydroxylation sites is 2. The van der Waals surface area contributed by atoms with E-state index < -0.39 is 0 Å². The summed E-state index contributed by atoms with van der Waals surface area (Å²) in [6.07, 6.45) is 0.914. The number of pyridine rings is 1. The highest BCUT2D eigenvalue weighted by Crippen LogP contribution is 2.26. The van der Waals surface area contributed by atoms with Gasteiger partial charge in [0.05, 0.1) is 11.4 Å². The maximum atomic E-state index is 12.2. The molecule has 3 rings (SSSR count). The van der Waals surface area contributed by atoms with E-state index in [4.69, 9.17) is 0 Å². The van der Waals surface area contributed by atoms with E-state index in [1.54, 1.807) is 28.9 Å². The van der Waals surface area contributed by atoms with Crippen LogP contribution in [0.5, 0.6) is 5.75 Å². The van der Waals surface area contributed by atoms with E-state index >= 15 is 0 Å². The number of amides is 1. The third-order valence-electron chi connectivity index (χ3n) is 4.51. The average Bonchev–Trinajstić information content (AvgIpc) is 2.83. The van der Waals surface area contributed by atoms with Gasteiger partial charge in [0.1, 0.15) is 5.75 Å². The molecule has 0 aliphatic rings. The van der Waals surface area contributed by atoms with E-state index in [9.17, 15) is 9.90 Å². The predicted octanol–water partition coefficient (Wildman–Crippen LogP) is 3.17. The Balaban J connectivity index is 1.80. The molecule has 0 fully saturated rings. The van der Waals surface area contributed by atoms with Gasteiger partial charge in [0.25, 0.3) is 0 Å². The molecule has 2 aromatic heterocycles. The number of phenolic OH excluding ortho intramolecular Hbond substituents is 1. The quantitative estimate of drug-likeness (QED) is 0.716. The van der Waals surface area contributed by atoms with Gasteiger partial charge >= 0.3 is 0 Å². The summed E-state index contributed by atoms with van der Waals surface area (Å²) in [6.45, 7) is 5.99. The van der Waals surface area contributed by atoms with E-state index in [2.05, 4.69) is 22.3 Å². The van der Waals surface area contributed by atoms with Crippen LogP contribution >= 0.6 is 0 Å². The summed E-state index contributed by atoms with van der Waals surface area (Å²) < 4.78 is 1.79. The van der Waals surface area contributed by atoms with Gasteiger partial charge in [0.15, 0.2) is 5.65 Å². The van der Waals surface area contributed by atoms with Crippen molar-refractivity contribution < 1.29 is 9.90 Å². The van der Waals surface area contributed by atoms with Gasteiger partial charge in [-0.15, -0.1) is 0 Å². The minimum Gasteiger partial charge on any atom is -0.506 e. The van der Waals surface area contributed by atoms with Crippen LogP contribution in [0.15, 0.2) is 24.3 Å². The fourth-order valence-corrected chi connectivity index (χ4v) is 3.26. The van der Waals surface area contributed by atoms with E-state index in [1.165, 1.54) is 0 Å². The van der Waals surface area contributed by atoms with Crippen molar-refractivity contribution in [1.29, 1.82) is 0 Å². The second kappa shape index (κ2) is 6.55. The summed E-state index contributed by atoms with van der Waals surface area (Å²) in [5.41, 5.74) is 5.37. The smallest absolute Gasteiger partial charge is 0.224 e. The Hall–Kier alpha value is -2.89. The molecule has 0 saturated carbocycles. The number of phenols is 1. The predicted molar refractivity (Wildman–Crippen MR) is 97.8 cm³/mol. The first-order valence-electron chi connectivity index (χ1n) is 8.25. The molecule has 0 spiro atoms. The molecule has 0 bridgehead atoms. The number of carbonyl (C=O) groups excluding carboxylic acids is 1. The van der Waals surface area contributed by atoms with Gasteiger partial charge in [-0.1, -0.05) is 12.1 Å². The summed E-state index contributed by atoms with van der Waals surface area (Å²) in [6, 6.07) is 6.71. The van der Waals surface area contributed by atoms with Gasteiger partial charge in [-0.2, -0.15) is 5.10 Å². The molecule has 0 aliphatic heterocycles. The van der Waals surface area contributed by atoms with Crippen LogP contribution in [0.1, 0.15) is 28.9 Å². The zero-order valence-corrected chi connectivity index (χ0v) is 14.9. The van der Waals surface area contributed by atoms with Crippen molar-refractivity contribution in [3.05, 3.63) is 46.8 Å². The Bertz CT molecular complexity index is 960. The van der Waals surface area contributed by atoms with Crippen molar-refractivity contribution in [1.82, 2.24) is 14.8 Å². The molecule has 25 heavy (non-hydrogen) atoms. The highest BCUT2D eigenvalue weighted by atomic mass is 16.3. The number of aromatic hydroxyl groups is 1. The Labute approximate surface area is 146 Å². The SMILES string of the molecule is Cc1nc2c(c(C)nn2C)c(C)c1CCC(=O)Nc1ccccc1O. The standard InChI is InChI=1S/C19H22N4O2/c1-11-14(12(2)20-19-18(11)13(3)22-23(19)4)9-10-17(25)21-15-7-5-6-8-16(15)24/h5-8,24H,9-10H2,1-4H3,(H,21,25). The number of carbonyl (C=O) groups is 1. The summed E-state index contributed by atoms with van der Waals surface area (Å²) in [4.78, 5) is 16.9. The van der Waals surface area contributed by atoms with Crippen LogP contribution in [0.4, 0.5) is 5.69 Å². The number of hydrogen-bond donors (Lipinski definition) is 2. The second-order valence-electron chi connectivity index (χ2n) is 6.27. The summed E-state index contributed by atoms with van der Waals surface area (Å²) in [5, 5.41) is 18.0.